The van der Waals surface area contributed by atoms with Gasteiger partial charge in [0.05, 0.1) is 18.9 Å². The average molecular weight is 243 g/mol. The van der Waals surface area contributed by atoms with Gasteiger partial charge >= 0.3 is 0 Å². The Morgan fingerprint density at radius 2 is 2.22 bits per heavy atom. The Bertz CT molecular complexity index is 529. The molecule has 0 saturated heterocycles. The Labute approximate surface area is 107 Å². The van der Waals surface area contributed by atoms with E-state index in [9.17, 15) is 0 Å². The molecule has 0 aliphatic heterocycles. The van der Waals surface area contributed by atoms with Crippen LogP contribution in [0, 0.1) is 0 Å². The maximum absolute atomic E-state index is 5.82. The van der Waals surface area contributed by atoms with Crippen LogP contribution in [-0.2, 0) is 6.54 Å². The lowest BCUT2D eigenvalue weighted by Gasteiger charge is -2.07. The first-order valence-corrected chi connectivity index (χ1v) is 6.35. The van der Waals surface area contributed by atoms with E-state index in [0.29, 0.717) is 6.10 Å². The highest BCUT2D eigenvalue weighted by Crippen LogP contribution is 2.31. The molecule has 2 aromatic rings. The van der Waals surface area contributed by atoms with Crippen molar-refractivity contribution < 1.29 is 9.15 Å². The van der Waals surface area contributed by atoms with E-state index in [1.165, 1.54) is 12.8 Å². The molecule has 1 aliphatic rings. The quantitative estimate of drug-likeness (QED) is 0.875. The van der Waals surface area contributed by atoms with Crippen LogP contribution >= 0.6 is 0 Å². The third-order valence-electron chi connectivity index (χ3n) is 3.05. The lowest BCUT2D eigenvalue weighted by atomic mass is 10.1. The van der Waals surface area contributed by atoms with E-state index in [1.54, 1.807) is 6.26 Å². The highest BCUT2D eigenvalue weighted by Gasteiger charge is 2.23. The molecule has 3 nitrogen and oxygen atoms in total. The number of furan rings is 1. The third kappa shape index (κ3) is 2.41. The summed E-state index contributed by atoms with van der Waals surface area (Å²) in [4.78, 5) is 0. The van der Waals surface area contributed by atoms with Crippen LogP contribution in [0.5, 0.6) is 5.75 Å². The molecule has 1 saturated carbocycles. The third-order valence-corrected chi connectivity index (χ3v) is 3.05. The van der Waals surface area contributed by atoms with Gasteiger partial charge in [-0.1, -0.05) is 12.1 Å². The molecule has 3 heteroatoms. The molecule has 18 heavy (non-hydrogen) atoms. The van der Waals surface area contributed by atoms with Crippen LogP contribution in [-0.4, -0.2) is 13.2 Å². The van der Waals surface area contributed by atoms with E-state index < -0.39 is 0 Å². The van der Waals surface area contributed by atoms with Gasteiger partial charge < -0.3 is 14.5 Å². The summed E-state index contributed by atoms with van der Waals surface area (Å²) in [6, 6.07) is 10.2. The molecule has 1 aliphatic carbocycles. The average Bonchev–Trinajstić information content (AvgIpc) is 3.07. The summed E-state index contributed by atoms with van der Waals surface area (Å²) in [6.07, 6.45) is 4.53. The molecule has 0 unspecified atom stereocenters. The van der Waals surface area contributed by atoms with Gasteiger partial charge in [0, 0.05) is 5.56 Å². The zero-order valence-corrected chi connectivity index (χ0v) is 10.5. The molecule has 1 N–H and O–H groups in total. The Balaban J connectivity index is 1.87. The maximum Gasteiger partial charge on any atom is 0.125 e. The predicted molar refractivity (Wildman–Crippen MR) is 70.6 cm³/mol. The second kappa shape index (κ2) is 4.86. The summed E-state index contributed by atoms with van der Waals surface area (Å²) >= 11 is 0. The largest absolute Gasteiger partial charge is 0.490 e. The normalized spacial score (nSPS) is 14.7. The molecule has 1 heterocycles. The highest BCUT2D eigenvalue weighted by molar-refractivity contribution is 5.66. The predicted octanol–water partition coefficient (Wildman–Crippen LogP) is 3.21. The number of rotatable bonds is 5. The first-order valence-electron chi connectivity index (χ1n) is 6.35. The van der Waals surface area contributed by atoms with E-state index >= 15 is 0 Å². The fourth-order valence-electron chi connectivity index (χ4n) is 2.01. The fraction of sp³-hybridized carbons (Fsp3) is 0.333. The fourth-order valence-corrected chi connectivity index (χ4v) is 2.01. The highest BCUT2D eigenvalue weighted by atomic mass is 16.5. The number of benzene rings is 1. The van der Waals surface area contributed by atoms with Gasteiger partial charge in [0.15, 0.2) is 0 Å². The van der Waals surface area contributed by atoms with Crippen molar-refractivity contribution in [3.8, 4) is 16.9 Å². The van der Waals surface area contributed by atoms with Gasteiger partial charge in [-0.2, -0.15) is 0 Å². The van der Waals surface area contributed by atoms with Crippen molar-refractivity contribution in [2.45, 2.75) is 25.5 Å². The molecular formula is C15H17NO2. The van der Waals surface area contributed by atoms with Crippen molar-refractivity contribution in [2.24, 2.45) is 0 Å². The minimum Gasteiger partial charge on any atom is -0.490 e. The van der Waals surface area contributed by atoms with Crippen LogP contribution in [0.4, 0.5) is 0 Å². The van der Waals surface area contributed by atoms with Gasteiger partial charge in [-0.05, 0) is 43.7 Å². The van der Waals surface area contributed by atoms with Crippen LogP contribution in [0.3, 0.4) is 0 Å². The van der Waals surface area contributed by atoms with E-state index in [-0.39, 0.29) is 0 Å². The zero-order valence-electron chi connectivity index (χ0n) is 10.5. The zero-order chi connectivity index (χ0) is 12.4. The van der Waals surface area contributed by atoms with Crippen LogP contribution < -0.4 is 10.1 Å². The van der Waals surface area contributed by atoms with Gasteiger partial charge in [-0.3, -0.25) is 0 Å². The molecule has 0 amide bonds. The van der Waals surface area contributed by atoms with Crippen molar-refractivity contribution in [3.63, 3.8) is 0 Å². The van der Waals surface area contributed by atoms with Gasteiger partial charge in [-0.25, -0.2) is 0 Å². The minimum absolute atomic E-state index is 0.432. The molecule has 94 valence electrons. The Kier molecular flexibility index (Phi) is 3.07. The van der Waals surface area contributed by atoms with Crippen molar-refractivity contribution in [2.75, 3.05) is 7.05 Å². The Morgan fingerprint density at radius 3 is 3.00 bits per heavy atom. The number of hydrogen-bond acceptors (Lipinski definition) is 3. The summed E-state index contributed by atoms with van der Waals surface area (Å²) in [5.74, 6) is 1.91. The SMILES string of the molecule is CNCc1occc1-c1cccc(OC2CC2)c1. The molecule has 0 radical (unpaired) electrons. The summed E-state index contributed by atoms with van der Waals surface area (Å²) < 4.78 is 11.3. The number of hydrogen-bond donors (Lipinski definition) is 1. The monoisotopic (exact) mass is 243 g/mol. The van der Waals surface area contributed by atoms with Crippen molar-refractivity contribution >= 4 is 0 Å². The van der Waals surface area contributed by atoms with E-state index in [1.807, 2.05) is 25.2 Å². The van der Waals surface area contributed by atoms with Gasteiger partial charge in [-0.15, -0.1) is 0 Å². The lowest BCUT2D eigenvalue weighted by Crippen LogP contribution is -2.04. The molecule has 0 spiro atoms. The van der Waals surface area contributed by atoms with E-state index in [0.717, 1.165) is 29.2 Å². The maximum atomic E-state index is 5.82. The Hall–Kier alpha value is -1.74. The summed E-state index contributed by atoms with van der Waals surface area (Å²) in [5.41, 5.74) is 2.28. The first kappa shape index (κ1) is 11.4. The lowest BCUT2D eigenvalue weighted by molar-refractivity contribution is 0.303. The van der Waals surface area contributed by atoms with Gasteiger partial charge in [0.25, 0.3) is 0 Å². The number of nitrogens with one attached hydrogen (secondary N) is 1. The van der Waals surface area contributed by atoms with E-state index in [4.69, 9.17) is 9.15 Å². The second-order valence-corrected chi connectivity index (χ2v) is 4.63. The van der Waals surface area contributed by atoms with Crippen LogP contribution in [0.2, 0.25) is 0 Å². The van der Waals surface area contributed by atoms with Crippen molar-refractivity contribution in [3.05, 3.63) is 42.4 Å². The van der Waals surface area contributed by atoms with Crippen molar-refractivity contribution in [1.29, 1.82) is 0 Å². The molecule has 0 bridgehead atoms. The van der Waals surface area contributed by atoms with Gasteiger partial charge in [0.2, 0.25) is 0 Å². The number of ether oxygens (including phenoxy) is 1. The van der Waals surface area contributed by atoms with Crippen LogP contribution in [0.1, 0.15) is 18.6 Å². The van der Waals surface area contributed by atoms with E-state index in [2.05, 4.69) is 17.4 Å². The topological polar surface area (TPSA) is 34.4 Å². The molecular weight excluding hydrogens is 226 g/mol. The molecule has 1 aromatic carbocycles. The van der Waals surface area contributed by atoms with Crippen LogP contribution in [0.15, 0.2) is 41.0 Å². The van der Waals surface area contributed by atoms with Gasteiger partial charge in [0.1, 0.15) is 11.5 Å². The molecule has 0 atom stereocenters. The van der Waals surface area contributed by atoms with Crippen molar-refractivity contribution in [1.82, 2.24) is 5.32 Å². The summed E-state index contributed by atoms with van der Waals surface area (Å²) in [5, 5.41) is 3.11. The molecule has 1 aromatic heterocycles. The van der Waals surface area contributed by atoms with Crippen LogP contribution in [0.25, 0.3) is 11.1 Å². The summed E-state index contributed by atoms with van der Waals surface area (Å²) in [6.45, 7) is 0.732. The summed E-state index contributed by atoms with van der Waals surface area (Å²) in [7, 11) is 1.92. The minimum atomic E-state index is 0.432. The molecule has 1 fully saturated rings. The Morgan fingerprint density at radius 1 is 1.33 bits per heavy atom. The smallest absolute Gasteiger partial charge is 0.125 e. The second-order valence-electron chi connectivity index (χ2n) is 4.63. The standard InChI is InChI=1S/C15H17NO2/c1-16-10-15-14(7-8-17-15)11-3-2-4-13(9-11)18-12-5-6-12/h2-4,7-9,12,16H,5-6,10H2,1H3. The molecule has 3 rings (SSSR count). The first-order chi connectivity index (χ1) is 8.86.